The lowest BCUT2D eigenvalue weighted by Crippen LogP contribution is -2.26. The van der Waals surface area contributed by atoms with Gasteiger partial charge in [0.25, 0.3) is 5.78 Å². The van der Waals surface area contributed by atoms with Crippen LogP contribution in [0.5, 0.6) is 0 Å². The maximum Gasteiger partial charge on any atom is 0.441 e. The van der Waals surface area contributed by atoms with Crippen LogP contribution < -0.4 is 0 Å². The third-order valence-corrected chi connectivity index (χ3v) is 1.40. The van der Waals surface area contributed by atoms with Crippen LogP contribution in [0.3, 0.4) is 0 Å². The zero-order chi connectivity index (χ0) is 11.0. The van der Waals surface area contributed by atoms with Crippen LogP contribution in [-0.4, -0.2) is 29.4 Å². The minimum atomic E-state index is -0.944. The van der Waals surface area contributed by atoms with Gasteiger partial charge in [-0.15, -0.1) is 5.73 Å². The average molecular weight is 194 g/mol. The van der Waals surface area contributed by atoms with Gasteiger partial charge in [0.2, 0.25) is 0 Å². The molecule has 0 atom stereocenters. The van der Waals surface area contributed by atoms with Gasteiger partial charge in [-0.05, 0) is 12.5 Å². The van der Waals surface area contributed by atoms with E-state index in [4.69, 9.17) is 5.53 Å². The maximum absolute atomic E-state index is 11.2. The molecule has 0 aromatic rings. The van der Waals surface area contributed by atoms with Crippen molar-refractivity contribution in [2.75, 3.05) is 7.11 Å². The monoisotopic (exact) mass is 194 g/mol. The van der Waals surface area contributed by atoms with E-state index in [1.54, 1.807) is 6.08 Å². The van der Waals surface area contributed by atoms with Crippen LogP contribution in [0.2, 0.25) is 0 Å². The van der Waals surface area contributed by atoms with E-state index in [0.29, 0.717) is 6.42 Å². The highest BCUT2D eigenvalue weighted by molar-refractivity contribution is 6.62. The number of nitrogens with zero attached hydrogens (tertiary/aromatic N) is 2. The van der Waals surface area contributed by atoms with Gasteiger partial charge in [0.1, 0.15) is 0 Å². The molecular formula is C9H10N2O3. The number of Topliss-reactive ketones (excluding diaryl/α,β-unsaturated/α-hetero) is 1. The number of ketones is 1. The highest BCUT2D eigenvalue weighted by Crippen LogP contribution is 1.94. The van der Waals surface area contributed by atoms with Crippen molar-refractivity contribution in [3.63, 3.8) is 0 Å². The van der Waals surface area contributed by atoms with Crippen molar-refractivity contribution < 1.29 is 19.1 Å². The number of rotatable bonds is 5. The second-order valence-electron chi connectivity index (χ2n) is 2.31. The first-order chi connectivity index (χ1) is 6.67. The molecule has 0 bridgehead atoms. The third-order valence-electron chi connectivity index (χ3n) is 1.40. The molecular weight excluding hydrogens is 184 g/mol. The van der Waals surface area contributed by atoms with Gasteiger partial charge < -0.3 is 10.3 Å². The largest absolute Gasteiger partial charge is 0.460 e. The minimum Gasteiger partial charge on any atom is -0.460 e. The molecule has 0 rings (SSSR count). The summed E-state index contributed by atoms with van der Waals surface area (Å²) in [6.45, 7) is 3.31. The van der Waals surface area contributed by atoms with Crippen LogP contribution >= 0.6 is 0 Å². The molecule has 0 aliphatic carbocycles. The minimum absolute atomic E-state index is 0.0526. The van der Waals surface area contributed by atoms with Crippen LogP contribution in [-0.2, 0) is 14.3 Å². The van der Waals surface area contributed by atoms with Crippen LogP contribution in [0.15, 0.2) is 18.4 Å². The van der Waals surface area contributed by atoms with E-state index in [0.717, 1.165) is 7.11 Å². The molecule has 0 heterocycles. The van der Waals surface area contributed by atoms with Gasteiger partial charge in [-0.2, -0.15) is 4.79 Å². The summed E-state index contributed by atoms with van der Waals surface area (Å²) >= 11 is 0. The Balaban J connectivity index is 4.42. The zero-order valence-electron chi connectivity index (χ0n) is 7.82. The molecule has 14 heavy (non-hydrogen) atoms. The Labute approximate surface area is 81.3 Å². The molecule has 5 nitrogen and oxygen atoms in total. The first-order valence-electron chi connectivity index (χ1n) is 3.85. The predicted octanol–water partition coefficient (Wildman–Crippen LogP) is 0.521. The van der Waals surface area contributed by atoms with E-state index in [1.807, 2.05) is 0 Å². The molecule has 5 heteroatoms. The Hall–Kier alpha value is -1.96. The van der Waals surface area contributed by atoms with E-state index in [-0.39, 0.29) is 6.42 Å². The van der Waals surface area contributed by atoms with Crippen molar-refractivity contribution in [2.24, 2.45) is 0 Å². The summed E-state index contributed by atoms with van der Waals surface area (Å²) in [5.41, 5.74) is 10.3. The first-order valence-corrected chi connectivity index (χ1v) is 3.85. The summed E-state index contributed by atoms with van der Waals surface area (Å²) in [5.74, 6) is -1.52. The Morgan fingerprint density at radius 3 is 2.71 bits per heavy atom. The highest BCUT2D eigenvalue weighted by Gasteiger charge is 2.29. The molecule has 0 unspecified atom stereocenters. The smallest absolute Gasteiger partial charge is 0.441 e. The zero-order valence-corrected chi connectivity index (χ0v) is 7.82. The maximum atomic E-state index is 11.2. The number of carbonyl (C=O) groups excluding carboxylic acids is 2. The van der Waals surface area contributed by atoms with E-state index >= 15 is 0 Å². The quantitative estimate of drug-likeness (QED) is 0.160. The lowest BCUT2D eigenvalue weighted by atomic mass is 10.1. The number of ether oxygens (including phenoxy) is 1. The third kappa shape index (κ3) is 3.63. The summed E-state index contributed by atoms with van der Waals surface area (Å²) in [5, 5.41) is 0. The van der Waals surface area contributed by atoms with Crippen LogP contribution in [0, 0.1) is 0 Å². The van der Waals surface area contributed by atoms with E-state index in [9.17, 15) is 9.59 Å². The molecule has 0 aliphatic rings. The van der Waals surface area contributed by atoms with Crippen molar-refractivity contribution in [1.82, 2.24) is 0 Å². The topological polar surface area (TPSA) is 79.8 Å². The fraction of sp³-hybridized carbons (Fsp3) is 0.333. The lowest BCUT2D eigenvalue weighted by molar-refractivity contribution is -0.139. The van der Waals surface area contributed by atoms with Crippen LogP contribution in [0.4, 0.5) is 0 Å². The number of esters is 1. The molecule has 0 saturated carbocycles. The normalized spacial score (nSPS) is 8.07. The molecule has 74 valence electrons. The fourth-order valence-corrected chi connectivity index (χ4v) is 0.731. The highest BCUT2D eigenvalue weighted by atomic mass is 16.5. The summed E-state index contributed by atoms with van der Waals surface area (Å²) in [4.78, 5) is 24.6. The Morgan fingerprint density at radius 1 is 1.64 bits per heavy atom. The first kappa shape index (κ1) is 12.0. The number of hydrogen-bond acceptors (Lipinski definition) is 3. The van der Waals surface area contributed by atoms with Crippen LogP contribution in [0.1, 0.15) is 12.8 Å². The van der Waals surface area contributed by atoms with E-state index in [1.165, 1.54) is 0 Å². The molecule has 0 fully saturated rings. The van der Waals surface area contributed by atoms with Gasteiger partial charge in [-0.1, -0.05) is 6.58 Å². The van der Waals surface area contributed by atoms with Gasteiger partial charge in [-0.3, -0.25) is 4.79 Å². The summed E-state index contributed by atoms with van der Waals surface area (Å²) < 4.78 is 4.24. The number of hydrogen-bond donors (Lipinski definition) is 0. The Bertz CT molecular complexity index is 334. The predicted molar refractivity (Wildman–Crippen MR) is 48.6 cm³/mol. The fourth-order valence-electron chi connectivity index (χ4n) is 0.731. The van der Waals surface area contributed by atoms with Crippen molar-refractivity contribution in [1.29, 1.82) is 0 Å². The lowest BCUT2D eigenvalue weighted by Gasteiger charge is -1.92. The standard InChI is InChI=1S/C9H10N2O3/c1-3-4-5-6-7(12)8(11-10)9(13)14-2/h4H,1,5-6H2,2H3. The molecule has 0 radical (unpaired) electrons. The summed E-state index contributed by atoms with van der Waals surface area (Å²) in [6, 6.07) is 0. The molecule has 0 aromatic heterocycles. The summed E-state index contributed by atoms with van der Waals surface area (Å²) in [6.07, 6.45) is 1.99. The molecule has 0 saturated heterocycles. The van der Waals surface area contributed by atoms with Gasteiger partial charge in [0.15, 0.2) is 0 Å². The van der Waals surface area contributed by atoms with Gasteiger partial charge in [0.05, 0.1) is 7.11 Å². The van der Waals surface area contributed by atoms with Crippen molar-refractivity contribution in [3.05, 3.63) is 23.9 Å². The van der Waals surface area contributed by atoms with E-state index in [2.05, 4.69) is 21.8 Å². The van der Waals surface area contributed by atoms with Crippen molar-refractivity contribution in [2.45, 2.75) is 12.8 Å². The van der Waals surface area contributed by atoms with Crippen molar-refractivity contribution in [3.8, 4) is 0 Å². The Kier molecular flexibility index (Phi) is 5.63. The van der Waals surface area contributed by atoms with Gasteiger partial charge >= 0.3 is 11.7 Å². The van der Waals surface area contributed by atoms with E-state index < -0.39 is 17.5 Å². The molecule has 0 aromatic carbocycles. The second-order valence-corrected chi connectivity index (χ2v) is 2.31. The van der Waals surface area contributed by atoms with Crippen LogP contribution in [0.25, 0.3) is 5.53 Å². The SMILES string of the molecule is C=C=CCCC(=O)C(=[N+]=[N-])C(=O)OC. The van der Waals surface area contributed by atoms with Gasteiger partial charge in [0, 0.05) is 6.42 Å². The molecule has 0 spiro atoms. The number of methoxy groups -OCH3 is 1. The average Bonchev–Trinajstić information content (AvgIpc) is 2.19. The molecule has 0 N–H and O–H groups in total. The summed E-state index contributed by atoms with van der Waals surface area (Å²) in [7, 11) is 1.10. The number of carbonyl (C=O) groups is 2. The van der Waals surface area contributed by atoms with Crippen molar-refractivity contribution >= 4 is 17.5 Å². The van der Waals surface area contributed by atoms with Gasteiger partial charge in [-0.25, -0.2) is 4.79 Å². The molecule has 0 aliphatic heterocycles. The second kappa shape index (κ2) is 6.54. The Morgan fingerprint density at radius 2 is 2.29 bits per heavy atom. The number of allylic oxidation sites excluding steroid dienone is 1. The molecule has 0 amide bonds.